The van der Waals surface area contributed by atoms with Gasteiger partial charge in [-0.05, 0) is 62.7 Å². The number of pyridine rings is 1. The number of anilines is 3. The number of aryl methyl sites for hydroxylation is 1. The van der Waals surface area contributed by atoms with E-state index in [1.807, 2.05) is 13.0 Å². The molecular weight excluding hydrogens is 388 g/mol. The molecule has 3 aromatic rings. The van der Waals surface area contributed by atoms with Crippen molar-refractivity contribution in [1.29, 1.82) is 0 Å². The predicted octanol–water partition coefficient (Wildman–Crippen LogP) is 3.52. The molecule has 1 N–H and O–H groups in total. The van der Waals surface area contributed by atoms with Crippen molar-refractivity contribution < 1.29 is 10.2 Å². The second-order valence-electron chi connectivity index (χ2n) is 7.96. The van der Waals surface area contributed by atoms with Crippen LogP contribution in [-0.4, -0.2) is 56.9 Å². The molecule has 2 aliphatic heterocycles. The highest BCUT2D eigenvalue weighted by atomic mass is 19.1. The maximum absolute atomic E-state index is 13.5. The topological polar surface area (TPSA) is 62.1 Å². The Morgan fingerprint density at radius 2 is 1.77 bits per heavy atom. The number of hydrogen-bond donors (Lipinski definition) is 1. The van der Waals surface area contributed by atoms with Crippen molar-refractivity contribution in [3.05, 3.63) is 53.9 Å². The fourth-order valence-electron chi connectivity index (χ4n) is 4.09. The van der Waals surface area contributed by atoms with Gasteiger partial charge < -0.3 is 10.2 Å². The predicted molar refractivity (Wildman–Crippen MR) is 112 cm³/mol. The number of likely N-dealkylation sites (tertiary alicyclic amines) is 1. The van der Waals surface area contributed by atoms with Crippen molar-refractivity contribution in [2.75, 3.05) is 36.4 Å². The van der Waals surface area contributed by atoms with Crippen molar-refractivity contribution in [1.82, 2.24) is 24.6 Å². The molecule has 30 heavy (non-hydrogen) atoms. The van der Waals surface area contributed by atoms with Crippen LogP contribution in [0.25, 0.3) is 5.69 Å². The highest BCUT2D eigenvalue weighted by molar-refractivity contribution is 5.56. The summed E-state index contributed by atoms with van der Waals surface area (Å²) < 4.78 is 28.2. The average Bonchev–Trinajstić information content (AvgIpc) is 3.31. The molecule has 0 unspecified atom stereocenters. The van der Waals surface area contributed by atoms with Crippen LogP contribution in [0.15, 0.2) is 36.7 Å². The third-order valence-electron chi connectivity index (χ3n) is 5.64. The monoisotopic (exact) mass is 413 g/mol. The van der Waals surface area contributed by atoms with E-state index >= 15 is 0 Å². The zero-order valence-corrected chi connectivity index (χ0v) is 16.7. The number of rotatable bonds is 5. The van der Waals surface area contributed by atoms with E-state index in [1.54, 1.807) is 0 Å². The second kappa shape index (κ2) is 7.64. The summed E-state index contributed by atoms with van der Waals surface area (Å²) in [6.07, 6.45) is 4.01. The van der Waals surface area contributed by atoms with Crippen LogP contribution in [0.2, 0.25) is 0 Å². The summed E-state index contributed by atoms with van der Waals surface area (Å²) >= 11 is 0. The lowest BCUT2D eigenvalue weighted by atomic mass is 10.1. The fourth-order valence-corrected chi connectivity index (χ4v) is 4.09. The highest BCUT2D eigenvalue weighted by Gasteiger charge is 2.33. The van der Waals surface area contributed by atoms with Gasteiger partial charge in [-0.15, -0.1) is 5.10 Å². The SMILES string of the molecule is Cc1cc(Nc2ncn(-c3cc(F)cc(F)c3)n2)nc(N2CC(N3CCCC3)C2)c1.[HH]. The second-order valence-corrected chi connectivity index (χ2v) is 7.96. The Morgan fingerprint density at radius 1 is 1.03 bits per heavy atom. The van der Waals surface area contributed by atoms with Crippen molar-refractivity contribution in [3.8, 4) is 5.69 Å². The van der Waals surface area contributed by atoms with Crippen LogP contribution in [0.4, 0.5) is 26.4 Å². The third-order valence-corrected chi connectivity index (χ3v) is 5.64. The highest BCUT2D eigenvalue weighted by Crippen LogP contribution is 2.27. The lowest BCUT2D eigenvalue weighted by Crippen LogP contribution is -2.59. The van der Waals surface area contributed by atoms with Crippen molar-refractivity contribution in [2.24, 2.45) is 0 Å². The summed E-state index contributed by atoms with van der Waals surface area (Å²) in [7, 11) is 0. The van der Waals surface area contributed by atoms with E-state index in [4.69, 9.17) is 4.98 Å². The molecule has 2 aromatic heterocycles. The van der Waals surface area contributed by atoms with Crippen molar-refractivity contribution >= 4 is 17.6 Å². The molecule has 0 atom stereocenters. The quantitative estimate of drug-likeness (QED) is 0.691. The molecule has 5 rings (SSSR count). The first-order chi connectivity index (χ1) is 14.5. The van der Waals surface area contributed by atoms with Gasteiger partial charge in [-0.3, -0.25) is 4.90 Å². The van der Waals surface area contributed by atoms with Gasteiger partial charge in [-0.25, -0.2) is 18.4 Å². The van der Waals surface area contributed by atoms with Crippen LogP contribution in [0.5, 0.6) is 0 Å². The van der Waals surface area contributed by atoms with Crippen molar-refractivity contribution in [2.45, 2.75) is 25.8 Å². The first-order valence-electron chi connectivity index (χ1n) is 10.2. The Kier molecular flexibility index (Phi) is 4.82. The van der Waals surface area contributed by atoms with E-state index in [0.29, 0.717) is 17.8 Å². The van der Waals surface area contributed by atoms with Crippen LogP contribution >= 0.6 is 0 Å². The van der Waals surface area contributed by atoms with Gasteiger partial charge >= 0.3 is 0 Å². The molecule has 158 valence electrons. The number of benzene rings is 1. The van der Waals surface area contributed by atoms with Crippen molar-refractivity contribution in [3.63, 3.8) is 0 Å². The molecule has 1 aromatic carbocycles. The van der Waals surface area contributed by atoms with Gasteiger partial charge in [0, 0.05) is 26.6 Å². The van der Waals surface area contributed by atoms with E-state index < -0.39 is 11.6 Å². The average molecular weight is 413 g/mol. The molecule has 2 aliphatic rings. The smallest absolute Gasteiger partial charge is 0.248 e. The summed E-state index contributed by atoms with van der Waals surface area (Å²) in [5.74, 6) is 0.545. The van der Waals surface area contributed by atoms with E-state index in [2.05, 4.69) is 31.3 Å². The molecule has 2 fully saturated rings. The maximum atomic E-state index is 13.5. The molecular formula is C21H25F2N7. The normalized spacial score (nSPS) is 17.4. The van der Waals surface area contributed by atoms with Crippen LogP contribution in [0, 0.1) is 18.6 Å². The Balaban J connectivity index is 0.00000231. The number of hydrogen-bond acceptors (Lipinski definition) is 6. The van der Waals surface area contributed by atoms with E-state index in [0.717, 1.165) is 30.5 Å². The van der Waals surface area contributed by atoms with Gasteiger partial charge in [0.1, 0.15) is 29.6 Å². The molecule has 0 saturated carbocycles. The molecule has 0 amide bonds. The van der Waals surface area contributed by atoms with Crippen LogP contribution in [0.3, 0.4) is 0 Å². The minimum Gasteiger partial charge on any atom is -0.353 e. The minimum absolute atomic E-state index is 0. The summed E-state index contributed by atoms with van der Waals surface area (Å²) in [4.78, 5) is 13.7. The maximum Gasteiger partial charge on any atom is 0.248 e. The molecule has 0 spiro atoms. The van der Waals surface area contributed by atoms with Crippen LogP contribution < -0.4 is 10.2 Å². The Morgan fingerprint density at radius 3 is 2.50 bits per heavy atom. The van der Waals surface area contributed by atoms with E-state index in [-0.39, 0.29) is 7.11 Å². The van der Waals surface area contributed by atoms with Gasteiger partial charge in [0.2, 0.25) is 5.95 Å². The lowest BCUT2D eigenvalue weighted by Gasteiger charge is -2.44. The molecule has 0 bridgehead atoms. The molecule has 7 nitrogen and oxygen atoms in total. The standard InChI is InChI=1S/C21H23F2N7.H2/c1-14-6-19(25-20(7-14)29-11-18(12-29)28-4-2-3-5-28)26-21-24-13-30(27-21)17-9-15(22)8-16(23)10-17;/h6-10,13,18H,2-5,11-12H2,1H3,(H,25,26,27);1H. The Bertz CT molecular complexity index is 1040. The van der Waals surface area contributed by atoms with Gasteiger partial charge in [0.05, 0.1) is 5.69 Å². The number of aromatic nitrogens is 4. The third kappa shape index (κ3) is 3.85. The largest absolute Gasteiger partial charge is 0.353 e. The van der Waals surface area contributed by atoms with Crippen LogP contribution in [-0.2, 0) is 0 Å². The van der Waals surface area contributed by atoms with Gasteiger partial charge in [0.15, 0.2) is 0 Å². The summed E-state index contributed by atoms with van der Waals surface area (Å²) in [5, 5.41) is 7.36. The van der Waals surface area contributed by atoms with Gasteiger partial charge in [-0.2, -0.15) is 4.98 Å². The summed E-state index contributed by atoms with van der Waals surface area (Å²) in [6.45, 7) is 6.42. The van der Waals surface area contributed by atoms with E-state index in [1.165, 1.54) is 49.1 Å². The zero-order chi connectivity index (χ0) is 20.7. The Hall–Kier alpha value is -3.07. The molecule has 0 aliphatic carbocycles. The van der Waals surface area contributed by atoms with Gasteiger partial charge in [-0.1, -0.05) is 0 Å². The minimum atomic E-state index is -0.665. The lowest BCUT2D eigenvalue weighted by molar-refractivity contribution is 0.204. The molecule has 0 radical (unpaired) electrons. The molecule has 9 heteroatoms. The first-order valence-corrected chi connectivity index (χ1v) is 10.2. The van der Waals surface area contributed by atoms with Gasteiger partial charge in [0.25, 0.3) is 0 Å². The molecule has 4 heterocycles. The first kappa shape index (κ1) is 18.9. The number of halogens is 2. The zero-order valence-electron chi connectivity index (χ0n) is 16.7. The fraction of sp³-hybridized carbons (Fsp3) is 0.381. The Labute approximate surface area is 174 Å². The summed E-state index contributed by atoms with van der Waals surface area (Å²) in [6, 6.07) is 7.84. The summed E-state index contributed by atoms with van der Waals surface area (Å²) in [5.41, 5.74) is 1.35. The molecule has 2 saturated heterocycles. The number of nitrogens with zero attached hydrogens (tertiary/aromatic N) is 6. The van der Waals surface area contributed by atoms with Crippen LogP contribution in [0.1, 0.15) is 19.8 Å². The van der Waals surface area contributed by atoms with E-state index in [9.17, 15) is 8.78 Å². The number of nitrogens with one attached hydrogen (secondary N) is 1.